The SMILES string of the molecule is Cc1cc(OCC(O)CO)nc(C)c1CO. The van der Waals surface area contributed by atoms with Gasteiger partial charge in [0.05, 0.1) is 13.2 Å². The maximum absolute atomic E-state index is 9.12. The summed E-state index contributed by atoms with van der Waals surface area (Å²) in [5.74, 6) is 0.389. The molecule has 90 valence electrons. The Balaban J connectivity index is 2.76. The van der Waals surface area contributed by atoms with E-state index in [1.165, 1.54) is 0 Å². The van der Waals surface area contributed by atoms with Crippen LogP contribution < -0.4 is 4.74 Å². The van der Waals surface area contributed by atoms with Gasteiger partial charge < -0.3 is 20.1 Å². The maximum atomic E-state index is 9.12. The van der Waals surface area contributed by atoms with Gasteiger partial charge in [-0.2, -0.15) is 0 Å². The molecule has 1 aromatic heterocycles. The number of aryl methyl sites for hydroxylation is 2. The molecule has 0 aromatic carbocycles. The molecule has 0 amide bonds. The summed E-state index contributed by atoms with van der Waals surface area (Å²) in [6.45, 7) is 3.25. The number of hydrogen-bond donors (Lipinski definition) is 3. The number of aliphatic hydroxyl groups is 3. The minimum Gasteiger partial charge on any atom is -0.475 e. The second-order valence-corrected chi connectivity index (χ2v) is 3.65. The summed E-state index contributed by atoms with van der Waals surface area (Å²) < 4.78 is 5.22. The van der Waals surface area contributed by atoms with Crippen molar-refractivity contribution in [2.24, 2.45) is 0 Å². The third-order valence-electron chi connectivity index (χ3n) is 2.32. The Bertz CT molecular complexity index is 331. The number of pyridine rings is 1. The lowest BCUT2D eigenvalue weighted by Crippen LogP contribution is -2.21. The fourth-order valence-corrected chi connectivity index (χ4v) is 1.37. The average molecular weight is 227 g/mol. The van der Waals surface area contributed by atoms with Crippen LogP contribution in [0.15, 0.2) is 6.07 Å². The summed E-state index contributed by atoms with van der Waals surface area (Å²) in [6.07, 6.45) is -0.903. The van der Waals surface area contributed by atoms with Crippen molar-refractivity contribution in [2.45, 2.75) is 26.6 Å². The Morgan fingerprint density at radius 1 is 1.38 bits per heavy atom. The van der Waals surface area contributed by atoms with Crippen LogP contribution in [0.4, 0.5) is 0 Å². The normalized spacial score (nSPS) is 12.6. The molecule has 0 bridgehead atoms. The van der Waals surface area contributed by atoms with Crippen LogP contribution in [-0.2, 0) is 6.61 Å². The van der Waals surface area contributed by atoms with E-state index in [0.717, 1.165) is 11.1 Å². The van der Waals surface area contributed by atoms with Crippen LogP contribution >= 0.6 is 0 Å². The number of aliphatic hydroxyl groups excluding tert-OH is 3. The lowest BCUT2D eigenvalue weighted by atomic mass is 10.1. The summed E-state index contributed by atoms with van der Waals surface area (Å²) in [6, 6.07) is 1.70. The van der Waals surface area contributed by atoms with E-state index in [4.69, 9.17) is 20.1 Å². The van der Waals surface area contributed by atoms with Crippen LogP contribution in [-0.4, -0.2) is 39.6 Å². The van der Waals surface area contributed by atoms with Crippen molar-refractivity contribution in [1.82, 2.24) is 4.98 Å². The topological polar surface area (TPSA) is 82.8 Å². The molecule has 0 aliphatic rings. The van der Waals surface area contributed by atoms with Gasteiger partial charge in [-0.25, -0.2) is 4.98 Å². The van der Waals surface area contributed by atoms with Crippen molar-refractivity contribution in [3.63, 3.8) is 0 Å². The Labute approximate surface area is 94.3 Å². The predicted octanol–water partition coefficient (Wildman–Crippen LogP) is -0.0773. The first-order chi connectivity index (χ1) is 7.58. The molecule has 5 nitrogen and oxygen atoms in total. The molecular weight excluding hydrogens is 210 g/mol. The number of hydrogen-bond acceptors (Lipinski definition) is 5. The maximum Gasteiger partial charge on any atom is 0.213 e. The van der Waals surface area contributed by atoms with Crippen LogP contribution in [0.25, 0.3) is 0 Å². The quantitative estimate of drug-likeness (QED) is 0.655. The van der Waals surface area contributed by atoms with E-state index in [0.29, 0.717) is 11.6 Å². The zero-order valence-electron chi connectivity index (χ0n) is 9.47. The van der Waals surface area contributed by atoms with Gasteiger partial charge in [0.25, 0.3) is 0 Å². The lowest BCUT2D eigenvalue weighted by molar-refractivity contribution is 0.0520. The van der Waals surface area contributed by atoms with E-state index in [2.05, 4.69) is 4.98 Å². The molecule has 0 radical (unpaired) electrons. The van der Waals surface area contributed by atoms with Gasteiger partial charge in [0.1, 0.15) is 12.7 Å². The second-order valence-electron chi connectivity index (χ2n) is 3.65. The molecule has 0 fully saturated rings. The zero-order chi connectivity index (χ0) is 12.1. The highest BCUT2D eigenvalue weighted by molar-refractivity contribution is 5.33. The summed E-state index contributed by atoms with van der Waals surface area (Å²) in [5, 5.41) is 26.8. The highest BCUT2D eigenvalue weighted by atomic mass is 16.5. The van der Waals surface area contributed by atoms with Crippen LogP contribution in [0.1, 0.15) is 16.8 Å². The molecule has 0 aliphatic heterocycles. The minimum absolute atomic E-state index is 0.000845. The molecule has 0 saturated heterocycles. The molecule has 5 heteroatoms. The Kier molecular flexibility index (Phi) is 4.67. The molecule has 1 rings (SSSR count). The molecule has 1 aromatic rings. The van der Waals surface area contributed by atoms with Crippen LogP contribution in [0, 0.1) is 13.8 Å². The lowest BCUT2D eigenvalue weighted by Gasteiger charge is -2.12. The van der Waals surface area contributed by atoms with E-state index in [-0.39, 0.29) is 19.8 Å². The van der Waals surface area contributed by atoms with Gasteiger partial charge in [-0.15, -0.1) is 0 Å². The van der Waals surface area contributed by atoms with Gasteiger partial charge >= 0.3 is 0 Å². The van der Waals surface area contributed by atoms with Crippen molar-refractivity contribution in [1.29, 1.82) is 0 Å². The molecule has 1 heterocycles. The molecule has 0 spiro atoms. The molecular formula is C11H17NO4. The minimum atomic E-state index is -0.903. The summed E-state index contributed by atoms with van der Waals surface area (Å²) in [7, 11) is 0. The number of ether oxygens (including phenoxy) is 1. The van der Waals surface area contributed by atoms with Gasteiger partial charge in [-0.3, -0.25) is 0 Å². The summed E-state index contributed by atoms with van der Waals surface area (Å²) in [4.78, 5) is 4.14. The molecule has 1 unspecified atom stereocenters. The van der Waals surface area contributed by atoms with Gasteiger partial charge in [0.15, 0.2) is 0 Å². The average Bonchev–Trinajstić information content (AvgIpc) is 2.25. The predicted molar refractivity (Wildman–Crippen MR) is 58.2 cm³/mol. The van der Waals surface area contributed by atoms with Gasteiger partial charge in [0.2, 0.25) is 5.88 Å². The van der Waals surface area contributed by atoms with Gasteiger partial charge in [0, 0.05) is 17.3 Å². The number of rotatable bonds is 5. The first-order valence-corrected chi connectivity index (χ1v) is 5.08. The third kappa shape index (κ3) is 3.16. The van der Waals surface area contributed by atoms with Crippen LogP contribution in [0.5, 0.6) is 5.88 Å². The number of aromatic nitrogens is 1. The zero-order valence-corrected chi connectivity index (χ0v) is 9.47. The van der Waals surface area contributed by atoms with E-state index in [1.807, 2.05) is 6.92 Å². The highest BCUT2D eigenvalue weighted by Gasteiger charge is 2.08. The second kappa shape index (κ2) is 5.79. The first-order valence-electron chi connectivity index (χ1n) is 5.08. The molecule has 0 saturated carbocycles. The first kappa shape index (κ1) is 12.9. The van der Waals surface area contributed by atoms with Gasteiger partial charge in [-0.1, -0.05) is 0 Å². The van der Waals surface area contributed by atoms with Crippen molar-refractivity contribution >= 4 is 0 Å². The fourth-order valence-electron chi connectivity index (χ4n) is 1.37. The van der Waals surface area contributed by atoms with Crippen molar-refractivity contribution in [2.75, 3.05) is 13.2 Å². The van der Waals surface area contributed by atoms with Crippen LogP contribution in [0.2, 0.25) is 0 Å². The molecule has 16 heavy (non-hydrogen) atoms. The van der Waals surface area contributed by atoms with Crippen molar-refractivity contribution in [3.8, 4) is 5.88 Å². The van der Waals surface area contributed by atoms with E-state index in [9.17, 15) is 0 Å². The molecule has 0 aliphatic carbocycles. The van der Waals surface area contributed by atoms with Gasteiger partial charge in [-0.05, 0) is 19.4 Å². The fraction of sp³-hybridized carbons (Fsp3) is 0.545. The Morgan fingerprint density at radius 3 is 2.56 bits per heavy atom. The van der Waals surface area contributed by atoms with Crippen molar-refractivity contribution < 1.29 is 20.1 Å². The summed E-state index contributed by atoms with van der Waals surface area (Å²) >= 11 is 0. The van der Waals surface area contributed by atoms with Crippen molar-refractivity contribution in [3.05, 3.63) is 22.9 Å². The Hall–Kier alpha value is -1.17. The largest absolute Gasteiger partial charge is 0.475 e. The standard InChI is InChI=1S/C11H17NO4/c1-7-3-11(16-6-9(15)4-13)12-8(2)10(7)5-14/h3,9,13-15H,4-6H2,1-2H3. The highest BCUT2D eigenvalue weighted by Crippen LogP contribution is 2.17. The molecule has 3 N–H and O–H groups in total. The van der Waals surface area contributed by atoms with E-state index >= 15 is 0 Å². The van der Waals surface area contributed by atoms with Crippen LogP contribution in [0.3, 0.4) is 0 Å². The number of nitrogens with zero attached hydrogens (tertiary/aromatic N) is 1. The third-order valence-corrected chi connectivity index (χ3v) is 2.32. The van der Waals surface area contributed by atoms with E-state index in [1.54, 1.807) is 13.0 Å². The van der Waals surface area contributed by atoms with E-state index < -0.39 is 6.10 Å². The summed E-state index contributed by atoms with van der Waals surface area (Å²) in [5.41, 5.74) is 2.38. The molecule has 1 atom stereocenters. The monoisotopic (exact) mass is 227 g/mol. The Morgan fingerprint density at radius 2 is 2.06 bits per heavy atom. The smallest absolute Gasteiger partial charge is 0.213 e.